The second-order valence-corrected chi connectivity index (χ2v) is 5.25. The molecule has 0 aromatic rings. The van der Waals surface area contributed by atoms with Crippen LogP contribution in [0.25, 0.3) is 0 Å². The Kier molecular flexibility index (Phi) is 5.40. The van der Waals surface area contributed by atoms with E-state index in [2.05, 4.69) is 17.1 Å². The quantitative estimate of drug-likeness (QED) is 0.644. The Balaban J connectivity index is 2.40. The molecule has 4 nitrogen and oxygen atoms in total. The first-order chi connectivity index (χ1) is 8.01. The largest absolute Gasteiger partial charge is 0.480 e. The van der Waals surface area contributed by atoms with Crippen LogP contribution in [-0.2, 0) is 4.79 Å². The Morgan fingerprint density at radius 2 is 2.12 bits per heavy atom. The van der Waals surface area contributed by atoms with Gasteiger partial charge in [0.2, 0.25) is 0 Å². The highest BCUT2D eigenvalue weighted by Gasteiger charge is 2.32. The summed E-state index contributed by atoms with van der Waals surface area (Å²) < 4.78 is 0. The van der Waals surface area contributed by atoms with E-state index in [4.69, 9.17) is 0 Å². The number of nitrogens with one attached hydrogen (secondary N) is 1. The summed E-state index contributed by atoms with van der Waals surface area (Å²) in [6.07, 6.45) is 3.36. The highest BCUT2D eigenvalue weighted by molar-refractivity contribution is 5.78. The van der Waals surface area contributed by atoms with E-state index in [1.807, 2.05) is 6.92 Å². The summed E-state index contributed by atoms with van der Waals surface area (Å²) in [4.78, 5) is 13.6. The van der Waals surface area contributed by atoms with Crippen molar-refractivity contribution in [2.75, 3.05) is 26.2 Å². The van der Waals surface area contributed by atoms with Gasteiger partial charge in [-0.25, -0.2) is 0 Å². The minimum atomic E-state index is -0.786. The van der Waals surface area contributed by atoms with Crippen molar-refractivity contribution < 1.29 is 9.90 Å². The van der Waals surface area contributed by atoms with Crippen LogP contribution in [0.3, 0.4) is 0 Å². The third kappa shape index (κ3) is 4.64. The third-order valence-corrected chi connectivity index (χ3v) is 3.63. The number of carbonyl (C=O) groups is 1. The number of rotatable bonds is 9. The summed E-state index contributed by atoms with van der Waals surface area (Å²) >= 11 is 0. The highest BCUT2D eigenvalue weighted by Crippen LogP contribution is 2.29. The van der Waals surface area contributed by atoms with E-state index in [9.17, 15) is 9.90 Å². The van der Waals surface area contributed by atoms with Gasteiger partial charge in [0.15, 0.2) is 0 Å². The first kappa shape index (κ1) is 14.5. The molecule has 0 aliphatic heterocycles. The van der Waals surface area contributed by atoms with Gasteiger partial charge in [-0.1, -0.05) is 13.8 Å². The average molecular weight is 242 g/mol. The van der Waals surface area contributed by atoms with Gasteiger partial charge in [-0.05, 0) is 45.2 Å². The van der Waals surface area contributed by atoms with Gasteiger partial charge < -0.3 is 15.3 Å². The molecule has 1 saturated carbocycles. The molecule has 0 bridgehead atoms. The number of likely N-dealkylation sites (N-methyl/N-ethyl adjacent to an activating group) is 1. The maximum Gasteiger partial charge on any atom is 0.323 e. The van der Waals surface area contributed by atoms with Crippen LogP contribution in [0.2, 0.25) is 0 Å². The van der Waals surface area contributed by atoms with Gasteiger partial charge in [0.1, 0.15) is 5.54 Å². The molecule has 4 heteroatoms. The first-order valence-corrected chi connectivity index (χ1v) is 6.72. The lowest BCUT2D eigenvalue weighted by Crippen LogP contribution is -2.51. The molecule has 17 heavy (non-hydrogen) atoms. The molecule has 1 aliphatic rings. The van der Waals surface area contributed by atoms with Crippen LogP contribution in [0.15, 0.2) is 0 Å². The van der Waals surface area contributed by atoms with E-state index in [0.29, 0.717) is 13.0 Å². The van der Waals surface area contributed by atoms with E-state index >= 15 is 0 Å². The van der Waals surface area contributed by atoms with Gasteiger partial charge in [-0.15, -0.1) is 0 Å². The predicted octanol–water partition coefficient (Wildman–Crippen LogP) is 1.56. The summed E-state index contributed by atoms with van der Waals surface area (Å²) in [6.45, 7) is 9.58. The number of carboxylic acid groups (broad SMARTS) is 1. The van der Waals surface area contributed by atoms with Crippen molar-refractivity contribution in [3.05, 3.63) is 0 Å². The predicted molar refractivity (Wildman–Crippen MR) is 69.2 cm³/mol. The fourth-order valence-corrected chi connectivity index (χ4v) is 2.09. The lowest BCUT2D eigenvalue weighted by atomic mass is 9.97. The molecule has 1 fully saturated rings. The Labute approximate surface area is 104 Å². The second kappa shape index (κ2) is 6.36. The molecule has 0 radical (unpaired) electrons. The van der Waals surface area contributed by atoms with Gasteiger partial charge in [0.25, 0.3) is 0 Å². The molecule has 0 aromatic carbocycles. The molecular formula is C13H26N2O2. The van der Waals surface area contributed by atoms with Crippen LogP contribution in [0.1, 0.15) is 40.0 Å². The normalized spacial score (nSPS) is 19.3. The Bertz CT molecular complexity index is 254. The van der Waals surface area contributed by atoms with E-state index < -0.39 is 11.5 Å². The molecule has 0 amide bonds. The summed E-state index contributed by atoms with van der Waals surface area (Å²) in [6, 6.07) is 0. The molecule has 1 aliphatic carbocycles. The number of carboxylic acids is 1. The van der Waals surface area contributed by atoms with Gasteiger partial charge >= 0.3 is 5.97 Å². The van der Waals surface area contributed by atoms with Crippen molar-refractivity contribution in [3.8, 4) is 0 Å². The maximum atomic E-state index is 11.3. The zero-order valence-electron chi connectivity index (χ0n) is 11.3. The molecule has 1 rings (SSSR count). The summed E-state index contributed by atoms with van der Waals surface area (Å²) in [7, 11) is 0. The number of hydrogen-bond acceptors (Lipinski definition) is 3. The standard InChI is InChI=1S/C13H26N2O2/c1-4-14-13(3,12(16)17)8-9-15(5-2)10-11-6-7-11/h11,14H,4-10H2,1-3H3,(H,16,17). The summed E-state index contributed by atoms with van der Waals surface area (Å²) in [5.74, 6) is 0.118. The lowest BCUT2D eigenvalue weighted by Gasteiger charge is -2.29. The van der Waals surface area contributed by atoms with Crippen LogP contribution in [0, 0.1) is 5.92 Å². The smallest absolute Gasteiger partial charge is 0.323 e. The fourth-order valence-electron chi connectivity index (χ4n) is 2.09. The van der Waals surface area contributed by atoms with Crippen LogP contribution < -0.4 is 5.32 Å². The van der Waals surface area contributed by atoms with Crippen molar-refractivity contribution in [1.82, 2.24) is 10.2 Å². The maximum absolute atomic E-state index is 11.3. The SMILES string of the molecule is CCNC(C)(CCN(CC)CC1CC1)C(=O)O. The van der Waals surface area contributed by atoms with Crippen LogP contribution >= 0.6 is 0 Å². The molecule has 0 spiro atoms. The molecule has 100 valence electrons. The number of hydrogen-bond donors (Lipinski definition) is 2. The van der Waals surface area contributed by atoms with E-state index in [0.717, 1.165) is 25.6 Å². The topological polar surface area (TPSA) is 52.6 Å². The average Bonchev–Trinajstić information content (AvgIpc) is 3.08. The van der Waals surface area contributed by atoms with Crippen molar-refractivity contribution >= 4 is 5.97 Å². The monoisotopic (exact) mass is 242 g/mol. The first-order valence-electron chi connectivity index (χ1n) is 6.72. The van der Waals surface area contributed by atoms with Crippen molar-refractivity contribution in [3.63, 3.8) is 0 Å². The van der Waals surface area contributed by atoms with E-state index in [-0.39, 0.29) is 0 Å². The van der Waals surface area contributed by atoms with Gasteiger partial charge in [0, 0.05) is 13.1 Å². The minimum Gasteiger partial charge on any atom is -0.480 e. The van der Waals surface area contributed by atoms with Gasteiger partial charge in [-0.3, -0.25) is 4.79 Å². The van der Waals surface area contributed by atoms with Gasteiger partial charge in [0.05, 0.1) is 0 Å². The number of aliphatic carboxylic acids is 1. The highest BCUT2D eigenvalue weighted by atomic mass is 16.4. The van der Waals surface area contributed by atoms with E-state index in [1.165, 1.54) is 12.8 Å². The minimum absolute atomic E-state index is 0.663. The molecule has 0 heterocycles. The zero-order valence-corrected chi connectivity index (χ0v) is 11.3. The molecule has 2 N–H and O–H groups in total. The molecule has 1 unspecified atom stereocenters. The van der Waals surface area contributed by atoms with Crippen LogP contribution in [-0.4, -0.2) is 47.7 Å². The van der Waals surface area contributed by atoms with Crippen molar-refractivity contribution in [1.29, 1.82) is 0 Å². The fraction of sp³-hybridized carbons (Fsp3) is 0.923. The van der Waals surface area contributed by atoms with Gasteiger partial charge in [-0.2, -0.15) is 0 Å². The molecular weight excluding hydrogens is 216 g/mol. The molecule has 0 aromatic heterocycles. The number of nitrogens with zero attached hydrogens (tertiary/aromatic N) is 1. The van der Waals surface area contributed by atoms with Crippen LogP contribution in [0.5, 0.6) is 0 Å². The van der Waals surface area contributed by atoms with Crippen molar-refractivity contribution in [2.24, 2.45) is 5.92 Å². The Hall–Kier alpha value is -0.610. The van der Waals surface area contributed by atoms with E-state index in [1.54, 1.807) is 6.92 Å². The third-order valence-electron chi connectivity index (χ3n) is 3.63. The summed E-state index contributed by atoms with van der Waals surface area (Å²) in [5.41, 5.74) is -0.786. The second-order valence-electron chi connectivity index (χ2n) is 5.25. The lowest BCUT2D eigenvalue weighted by molar-refractivity contribution is -0.144. The molecule has 1 atom stereocenters. The molecule has 0 saturated heterocycles. The Morgan fingerprint density at radius 3 is 2.53 bits per heavy atom. The van der Waals surface area contributed by atoms with Crippen molar-refractivity contribution in [2.45, 2.75) is 45.6 Å². The summed E-state index contributed by atoms with van der Waals surface area (Å²) in [5, 5.41) is 12.3. The van der Waals surface area contributed by atoms with Crippen LogP contribution in [0.4, 0.5) is 0 Å². The Morgan fingerprint density at radius 1 is 1.47 bits per heavy atom. The zero-order chi connectivity index (χ0) is 12.9.